The maximum absolute atomic E-state index is 12.1. The molecule has 0 unspecified atom stereocenters. The summed E-state index contributed by atoms with van der Waals surface area (Å²) in [7, 11) is -3.07. The highest BCUT2D eigenvalue weighted by Gasteiger charge is 2.49. The molecule has 3 rings (SSSR count). The number of alkyl halides is 1. The molecule has 2 heterocycles. The number of rotatable bonds is 3. The first-order chi connectivity index (χ1) is 11.3. The van der Waals surface area contributed by atoms with Gasteiger partial charge in [-0.2, -0.15) is 4.99 Å². The highest BCUT2D eigenvalue weighted by molar-refractivity contribution is 8.16. The number of benzene rings is 1. The van der Waals surface area contributed by atoms with E-state index < -0.39 is 15.7 Å². The van der Waals surface area contributed by atoms with Gasteiger partial charge in [-0.3, -0.25) is 4.79 Å². The largest absolute Gasteiger partial charge is 0.315 e. The predicted octanol–water partition coefficient (Wildman–Crippen LogP) is 2.65. The number of sulfone groups is 1. The van der Waals surface area contributed by atoms with E-state index in [0.29, 0.717) is 5.17 Å². The van der Waals surface area contributed by atoms with Gasteiger partial charge in [0.15, 0.2) is 15.0 Å². The third-order valence-electron chi connectivity index (χ3n) is 4.22. The van der Waals surface area contributed by atoms with Crippen LogP contribution in [-0.2, 0) is 14.6 Å². The van der Waals surface area contributed by atoms with Crippen molar-refractivity contribution in [2.24, 2.45) is 4.99 Å². The van der Waals surface area contributed by atoms with Crippen LogP contribution < -0.4 is 4.90 Å². The molecule has 0 aromatic heterocycles. The van der Waals surface area contributed by atoms with Crippen LogP contribution in [0.15, 0.2) is 29.3 Å². The Kier molecular flexibility index (Phi) is 4.95. The van der Waals surface area contributed by atoms with Crippen molar-refractivity contribution in [3.05, 3.63) is 29.8 Å². The summed E-state index contributed by atoms with van der Waals surface area (Å²) in [6.07, 6.45) is 0. The maximum Gasteiger partial charge on any atom is 0.262 e. The molecule has 0 aliphatic carbocycles. The third kappa shape index (κ3) is 3.34. The fourth-order valence-corrected chi connectivity index (χ4v) is 7.16. The van der Waals surface area contributed by atoms with E-state index in [9.17, 15) is 13.2 Å². The fourth-order valence-electron chi connectivity index (χ4n) is 3.18. The average Bonchev–Trinajstić information content (AvgIpc) is 2.97. The van der Waals surface area contributed by atoms with Crippen molar-refractivity contribution in [3.63, 3.8) is 0 Å². The summed E-state index contributed by atoms with van der Waals surface area (Å²) in [4.78, 5) is 17.8. The lowest BCUT2D eigenvalue weighted by atomic mass is 9.99. The lowest BCUT2D eigenvalue weighted by Gasteiger charge is -2.28. The Morgan fingerprint density at radius 2 is 2.08 bits per heavy atom. The summed E-state index contributed by atoms with van der Waals surface area (Å²) in [5.41, 5.74) is 2.03. The van der Waals surface area contributed by atoms with E-state index in [2.05, 4.69) is 18.8 Å². The molecular weight excluding hydrogens is 368 g/mol. The molecule has 8 heteroatoms. The van der Waals surface area contributed by atoms with Crippen LogP contribution >= 0.6 is 23.4 Å². The summed E-state index contributed by atoms with van der Waals surface area (Å²) in [5.74, 6) is -0.110. The molecule has 0 spiro atoms. The normalized spacial score (nSPS) is 27.0. The summed E-state index contributed by atoms with van der Waals surface area (Å²) in [6.45, 7) is 4.18. The van der Waals surface area contributed by atoms with Crippen LogP contribution in [0, 0.1) is 0 Å². The maximum atomic E-state index is 12.1. The van der Waals surface area contributed by atoms with Crippen molar-refractivity contribution in [2.75, 3.05) is 22.3 Å². The van der Waals surface area contributed by atoms with Crippen molar-refractivity contribution >= 4 is 50.0 Å². The lowest BCUT2D eigenvalue weighted by Crippen LogP contribution is -2.38. The molecule has 5 nitrogen and oxygen atoms in total. The van der Waals surface area contributed by atoms with Crippen LogP contribution in [0.1, 0.15) is 25.3 Å². The van der Waals surface area contributed by atoms with Gasteiger partial charge in [0.2, 0.25) is 0 Å². The third-order valence-corrected chi connectivity index (χ3v) is 7.66. The van der Waals surface area contributed by atoms with Gasteiger partial charge in [-0.05, 0) is 17.5 Å². The van der Waals surface area contributed by atoms with Crippen molar-refractivity contribution in [1.82, 2.24) is 0 Å². The lowest BCUT2D eigenvalue weighted by molar-refractivity contribution is -0.115. The second-order valence-corrected chi connectivity index (χ2v) is 9.93. The van der Waals surface area contributed by atoms with Gasteiger partial charge in [0.25, 0.3) is 5.91 Å². The number of carbonyl (C=O) groups is 1. The molecule has 24 heavy (non-hydrogen) atoms. The number of hydrogen-bond donors (Lipinski definition) is 0. The van der Waals surface area contributed by atoms with Gasteiger partial charge in [-0.15, -0.1) is 11.6 Å². The Labute approximate surface area is 151 Å². The summed E-state index contributed by atoms with van der Waals surface area (Å²) in [5, 5.41) is 0.454. The van der Waals surface area contributed by atoms with Crippen LogP contribution in [0.4, 0.5) is 5.69 Å². The van der Waals surface area contributed by atoms with Gasteiger partial charge < -0.3 is 4.90 Å². The van der Waals surface area contributed by atoms with Gasteiger partial charge in [-0.1, -0.05) is 43.8 Å². The molecular formula is C16H19ClN2O3S2. The average molecular weight is 387 g/mol. The molecule has 2 fully saturated rings. The number of aliphatic imine (C=N–C) groups is 1. The topological polar surface area (TPSA) is 66.8 Å². The van der Waals surface area contributed by atoms with E-state index >= 15 is 0 Å². The quantitative estimate of drug-likeness (QED) is 0.747. The molecule has 0 N–H and O–H groups in total. The zero-order valence-electron chi connectivity index (χ0n) is 13.5. The van der Waals surface area contributed by atoms with E-state index in [1.54, 1.807) is 0 Å². The Morgan fingerprint density at radius 1 is 1.38 bits per heavy atom. The zero-order chi connectivity index (χ0) is 17.5. The predicted molar refractivity (Wildman–Crippen MR) is 100.0 cm³/mol. The minimum absolute atomic E-state index is 0.0885. The van der Waals surface area contributed by atoms with Crippen molar-refractivity contribution in [3.8, 4) is 0 Å². The number of carbonyl (C=O) groups excluding carboxylic acids is 1. The van der Waals surface area contributed by atoms with Crippen molar-refractivity contribution in [1.29, 1.82) is 0 Å². The Hall–Kier alpha value is -1.05. The summed E-state index contributed by atoms with van der Waals surface area (Å²) < 4.78 is 24.1. The van der Waals surface area contributed by atoms with E-state index in [1.165, 1.54) is 11.8 Å². The Balaban J connectivity index is 2.09. The summed E-state index contributed by atoms with van der Waals surface area (Å²) in [6, 6.07) is 7.68. The summed E-state index contributed by atoms with van der Waals surface area (Å²) >= 11 is 6.96. The monoisotopic (exact) mass is 386 g/mol. The molecule has 0 bridgehead atoms. The molecule has 1 amide bonds. The Morgan fingerprint density at radius 3 is 2.75 bits per heavy atom. The molecule has 0 saturated carbocycles. The van der Waals surface area contributed by atoms with Crippen LogP contribution in [0.3, 0.4) is 0 Å². The number of nitrogens with zero attached hydrogens (tertiary/aromatic N) is 2. The van der Waals surface area contributed by atoms with Gasteiger partial charge in [0, 0.05) is 10.9 Å². The zero-order valence-corrected chi connectivity index (χ0v) is 15.9. The molecule has 2 atom stereocenters. The highest BCUT2D eigenvalue weighted by atomic mass is 35.5. The highest BCUT2D eigenvalue weighted by Crippen LogP contribution is 2.43. The Bertz CT molecular complexity index is 792. The number of hydrogen-bond acceptors (Lipinski definition) is 4. The smallest absolute Gasteiger partial charge is 0.262 e. The molecule has 2 aliphatic rings. The fraction of sp³-hybridized carbons (Fsp3) is 0.500. The van der Waals surface area contributed by atoms with E-state index in [1.807, 2.05) is 29.2 Å². The first-order valence-corrected chi connectivity index (χ1v) is 11.0. The van der Waals surface area contributed by atoms with Gasteiger partial charge in [-0.25, -0.2) is 8.42 Å². The second kappa shape index (κ2) is 6.69. The SMILES string of the molecule is CC(C)c1ccccc1N1C(=NC(=O)CCl)S[C@H]2CS(=O)(=O)C[C@@H]21. The van der Waals surface area contributed by atoms with Crippen LogP contribution in [0.5, 0.6) is 0 Å². The molecule has 2 aliphatic heterocycles. The van der Waals surface area contributed by atoms with Crippen LogP contribution in [0.2, 0.25) is 0 Å². The van der Waals surface area contributed by atoms with E-state index in [-0.39, 0.29) is 34.6 Å². The van der Waals surface area contributed by atoms with Crippen molar-refractivity contribution < 1.29 is 13.2 Å². The van der Waals surface area contributed by atoms with Gasteiger partial charge in [0.05, 0.1) is 17.5 Å². The minimum Gasteiger partial charge on any atom is -0.315 e. The first kappa shape index (κ1) is 17.8. The van der Waals surface area contributed by atoms with Crippen LogP contribution in [-0.4, -0.2) is 48.2 Å². The van der Waals surface area contributed by atoms with E-state index in [0.717, 1.165) is 11.3 Å². The first-order valence-electron chi connectivity index (χ1n) is 7.75. The number of halogens is 1. The number of para-hydroxylation sites is 1. The molecule has 2 saturated heterocycles. The molecule has 1 aromatic rings. The number of amidine groups is 1. The number of fused-ring (bicyclic) bond motifs is 1. The second-order valence-electron chi connectivity index (χ2n) is 6.31. The van der Waals surface area contributed by atoms with Gasteiger partial charge in [0.1, 0.15) is 5.88 Å². The van der Waals surface area contributed by atoms with Gasteiger partial charge >= 0.3 is 0 Å². The van der Waals surface area contributed by atoms with E-state index in [4.69, 9.17) is 11.6 Å². The molecule has 130 valence electrons. The molecule has 1 aromatic carbocycles. The van der Waals surface area contributed by atoms with Crippen LogP contribution in [0.25, 0.3) is 0 Å². The number of thioether (sulfide) groups is 1. The van der Waals surface area contributed by atoms with Crippen molar-refractivity contribution in [2.45, 2.75) is 31.1 Å². The standard InChI is InChI=1S/C16H19ClN2O3S2/c1-10(2)11-5-3-4-6-12(11)19-13-8-24(21,22)9-14(13)23-16(19)18-15(20)7-17/h3-6,10,13-14H,7-9H2,1-2H3/t13-,14-/m0/s1. The number of amides is 1. The number of anilines is 1. The molecule has 0 radical (unpaired) electrons. The minimum atomic E-state index is -3.07.